The van der Waals surface area contributed by atoms with Gasteiger partial charge in [-0.2, -0.15) is 4.98 Å². The number of carbonyl (C=O) groups is 1. The second kappa shape index (κ2) is 9.34. The zero-order chi connectivity index (χ0) is 20.6. The molecule has 4 rings (SSSR count). The topological polar surface area (TPSA) is 77.2 Å². The van der Waals surface area contributed by atoms with E-state index in [2.05, 4.69) is 15.5 Å². The van der Waals surface area contributed by atoms with Gasteiger partial charge in [0.1, 0.15) is 5.75 Å². The lowest BCUT2D eigenvalue weighted by molar-refractivity contribution is -0.111. The van der Waals surface area contributed by atoms with Crippen LogP contribution in [0, 0.1) is 0 Å². The maximum Gasteiger partial charge on any atom is 0.260 e. The van der Waals surface area contributed by atoms with E-state index in [4.69, 9.17) is 9.26 Å². The molecule has 0 atom stereocenters. The molecule has 0 saturated carbocycles. The minimum absolute atomic E-state index is 0.182. The lowest BCUT2D eigenvalue weighted by atomic mass is 10.1. The Bertz CT molecular complexity index is 1140. The largest absolute Gasteiger partial charge is 0.485 e. The number of anilines is 1. The van der Waals surface area contributed by atoms with Gasteiger partial charge < -0.3 is 14.6 Å². The van der Waals surface area contributed by atoms with Gasteiger partial charge in [0.05, 0.1) is 11.3 Å². The number of nitrogens with zero attached hydrogens (tertiary/aromatic N) is 2. The Morgan fingerprint density at radius 3 is 2.43 bits per heavy atom. The Morgan fingerprint density at radius 2 is 1.63 bits per heavy atom. The van der Waals surface area contributed by atoms with Crippen LogP contribution in [0.2, 0.25) is 0 Å². The van der Waals surface area contributed by atoms with Gasteiger partial charge in [-0.25, -0.2) is 0 Å². The van der Waals surface area contributed by atoms with Gasteiger partial charge in [0, 0.05) is 6.08 Å². The van der Waals surface area contributed by atoms with Gasteiger partial charge in [-0.15, -0.1) is 0 Å². The molecule has 4 aromatic rings. The Morgan fingerprint density at radius 1 is 0.933 bits per heavy atom. The van der Waals surface area contributed by atoms with Crippen LogP contribution < -0.4 is 10.1 Å². The quantitative estimate of drug-likeness (QED) is 0.446. The van der Waals surface area contributed by atoms with Crippen molar-refractivity contribution in [2.75, 3.05) is 5.32 Å². The van der Waals surface area contributed by atoms with Crippen molar-refractivity contribution in [3.63, 3.8) is 0 Å². The van der Waals surface area contributed by atoms with E-state index in [1.807, 2.05) is 78.9 Å². The molecule has 0 bridgehead atoms. The molecule has 0 fully saturated rings. The monoisotopic (exact) mass is 397 g/mol. The van der Waals surface area contributed by atoms with E-state index in [-0.39, 0.29) is 12.5 Å². The van der Waals surface area contributed by atoms with Crippen molar-refractivity contribution in [1.29, 1.82) is 0 Å². The molecule has 3 aromatic carbocycles. The summed E-state index contributed by atoms with van der Waals surface area (Å²) in [6.45, 7) is 0.182. The summed E-state index contributed by atoms with van der Waals surface area (Å²) >= 11 is 0. The number of rotatable bonds is 7. The van der Waals surface area contributed by atoms with Crippen LogP contribution in [0.3, 0.4) is 0 Å². The van der Waals surface area contributed by atoms with Crippen molar-refractivity contribution in [2.24, 2.45) is 0 Å². The van der Waals surface area contributed by atoms with Crippen molar-refractivity contribution < 1.29 is 14.1 Å². The summed E-state index contributed by atoms with van der Waals surface area (Å²) in [7, 11) is 0. The van der Waals surface area contributed by atoms with Crippen molar-refractivity contribution in [3.05, 3.63) is 102 Å². The third-order valence-corrected chi connectivity index (χ3v) is 4.22. The van der Waals surface area contributed by atoms with Gasteiger partial charge in [-0.1, -0.05) is 65.8 Å². The van der Waals surface area contributed by atoms with E-state index in [0.717, 1.165) is 11.3 Å². The average Bonchev–Trinajstić information content (AvgIpc) is 3.27. The Kier molecular flexibility index (Phi) is 5.96. The lowest BCUT2D eigenvalue weighted by Crippen LogP contribution is -2.08. The maximum atomic E-state index is 12.3. The molecule has 30 heavy (non-hydrogen) atoms. The Labute approximate surface area is 173 Å². The highest BCUT2D eigenvalue weighted by atomic mass is 16.5. The van der Waals surface area contributed by atoms with Gasteiger partial charge >= 0.3 is 0 Å². The number of hydrogen-bond acceptors (Lipinski definition) is 5. The number of amides is 1. The zero-order valence-corrected chi connectivity index (χ0v) is 16.1. The summed E-state index contributed by atoms with van der Waals surface area (Å²) in [5.74, 6) is 1.20. The molecule has 0 radical (unpaired) electrons. The summed E-state index contributed by atoms with van der Waals surface area (Å²) in [5, 5.41) is 6.83. The van der Waals surface area contributed by atoms with Crippen LogP contribution in [-0.2, 0) is 11.4 Å². The molecule has 6 nitrogen and oxygen atoms in total. The fourth-order valence-electron chi connectivity index (χ4n) is 2.78. The summed E-state index contributed by atoms with van der Waals surface area (Å²) in [4.78, 5) is 16.7. The third kappa shape index (κ3) is 4.99. The summed E-state index contributed by atoms with van der Waals surface area (Å²) < 4.78 is 11.0. The minimum Gasteiger partial charge on any atom is -0.485 e. The number of ether oxygens (including phenoxy) is 1. The standard InChI is InChI=1S/C24H19N3O3/c28-23(16-15-18-9-3-1-4-10-18)25-21-14-8-7-13-20(21)24-26-22(27-30-24)17-29-19-11-5-2-6-12-19/h1-16H,17H2,(H,25,28)/b16-15+. The normalized spacial score (nSPS) is 10.8. The molecular weight excluding hydrogens is 378 g/mol. The first-order chi connectivity index (χ1) is 14.8. The van der Waals surface area contributed by atoms with Crippen molar-refractivity contribution >= 4 is 17.7 Å². The molecule has 0 aliphatic carbocycles. The number of benzene rings is 3. The number of nitrogens with one attached hydrogen (secondary N) is 1. The van der Waals surface area contributed by atoms with E-state index in [1.54, 1.807) is 12.1 Å². The number of hydrogen-bond donors (Lipinski definition) is 1. The lowest BCUT2D eigenvalue weighted by Gasteiger charge is -2.06. The molecule has 148 valence electrons. The third-order valence-electron chi connectivity index (χ3n) is 4.22. The first-order valence-electron chi connectivity index (χ1n) is 9.42. The molecule has 1 N–H and O–H groups in total. The average molecular weight is 397 g/mol. The fourth-order valence-corrected chi connectivity index (χ4v) is 2.78. The predicted molar refractivity (Wildman–Crippen MR) is 115 cm³/mol. The molecule has 1 amide bonds. The highest BCUT2D eigenvalue weighted by Gasteiger charge is 2.14. The molecule has 0 spiro atoms. The van der Waals surface area contributed by atoms with Crippen molar-refractivity contribution in [2.45, 2.75) is 6.61 Å². The molecule has 1 aromatic heterocycles. The van der Waals surface area contributed by atoms with Gasteiger partial charge in [0.15, 0.2) is 6.61 Å². The maximum absolute atomic E-state index is 12.3. The van der Waals surface area contributed by atoms with Gasteiger partial charge in [-0.3, -0.25) is 4.79 Å². The first-order valence-corrected chi connectivity index (χ1v) is 9.42. The molecule has 0 unspecified atom stereocenters. The second-order valence-electron chi connectivity index (χ2n) is 6.40. The van der Waals surface area contributed by atoms with Crippen LogP contribution >= 0.6 is 0 Å². The molecule has 0 aliphatic rings. The Hall–Kier alpha value is -4.19. The van der Waals surface area contributed by atoms with E-state index in [1.165, 1.54) is 6.08 Å². The van der Waals surface area contributed by atoms with Crippen molar-refractivity contribution in [3.8, 4) is 17.2 Å². The minimum atomic E-state index is -0.251. The summed E-state index contributed by atoms with van der Waals surface area (Å²) in [6, 6.07) is 26.3. The fraction of sp³-hybridized carbons (Fsp3) is 0.0417. The molecular formula is C24H19N3O3. The van der Waals surface area contributed by atoms with E-state index >= 15 is 0 Å². The van der Waals surface area contributed by atoms with E-state index < -0.39 is 0 Å². The van der Waals surface area contributed by atoms with Gasteiger partial charge in [0.25, 0.3) is 5.89 Å². The van der Waals surface area contributed by atoms with Gasteiger partial charge in [-0.05, 0) is 35.9 Å². The highest BCUT2D eigenvalue weighted by Crippen LogP contribution is 2.26. The van der Waals surface area contributed by atoms with Crippen LogP contribution in [0.15, 0.2) is 95.5 Å². The second-order valence-corrected chi connectivity index (χ2v) is 6.40. The highest BCUT2D eigenvalue weighted by molar-refractivity contribution is 6.03. The van der Waals surface area contributed by atoms with Gasteiger partial charge in [0.2, 0.25) is 11.7 Å². The number of carbonyl (C=O) groups excluding carboxylic acids is 1. The molecule has 6 heteroatoms. The molecule has 0 saturated heterocycles. The van der Waals surface area contributed by atoms with Crippen LogP contribution in [0.5, 0.6) is 5.75 Å². The van der Waals surface area contributed by atoms with Crippen LogP contribution in [0.25, 0.3) is 17.5 Å². The van der Waals surface area contributed by atoms with Crippen LogP contribution in [0.1, 0.15) is 11.4 Å². The molecule has 0 aliphatic heterocycles. The number of para-hydroxylation sites is 2. The predicted octanol–water partition coefficient (Wildman–Crippen LogP) is 4.97. The molecule has 1 heterocycles. The summed E-state index contributed by atoms with van der Waals surface area (Å²) in [5.41, 5.74) is 2.16. The first kappa shape index (κ1) is 19.1. The van der Waals surface area contributed by atoms with E-state index in [0.29, 0.717) is 23.0 Å². The smallest absolute Gasteiger partial charge is 0.260 e. The van der Waals surface area contributed by atoms with E-state index in [9.17, 15) is 4.79 Å². The Balaban J connectivity index is 1.45. The summed E-state index contributed by atoms with van der Waals surface area (Å²) in [6.07, 6.45) is 3.24. The van der Waals surface area contributed by atoms with Crippen LogP contribution in [-0.4, -0.2) is 16.0 Å². The zero-order valence-electron chi connectivity index (χ0n) is 16.1. The van der Waals surface area contributed by atoms with Crippen molar-refractivity contribution in [1.82, 2.24) is 10.1 Å². The SMILES string of the molecule is O=C(/C=C/c1ccccc1)Nc1ccccc1-c1nc(COc2ccccc2)no1. The van der Waals surface area contributed by atoms with Crippen LogP contribution in [0.4, 0.5) is 5.69 Å². The number of aromatic nitrogens is 2.